The number of ether oxygens (including phenoxy) is 1. The SMILES string of the molecule is O=C1CSC(c2ccc(N3C[C@H](CNc4ccon4)OC3=O)cc2F)=NN1. The topological polar surface area (TPSA) is 109 Å². The lowest BCUT2D eigenvalue weighted by Crippen LogP contribution is -2.28. The number of nitrogens with one attached hydrogen (secondary N) is 2. The van der Waals surface area contributed by atoms with Crippen LogP contribution in [0.4, 0.5) is 20.7 Å². The predicted octanol–water partition coefficient (Wildman–Crippen LogP) is 1.78. The Labute approximate surface area is 156 Å². The van der Waals surface area contributed by atoms with E-state index in [1.807, 2.05) is 0 Å². The second-order valence-corrected chi connectivity index (χ2v) is 6.75. The fourth-order valence-corrected chi connectivity index (χ4v) is 3.42. The summed E-state index contributed by atoms with van der Waals surface area (Å²) in [5.74, 6) is -0.0472. The Morgan fingerprint density at radius 2 is 2.26 bits per heavy atom. The lowest BCUT2D eigenvalue weighted by atomic mass is 10.2. The average Bonchev–Trinajstić information content (AvgIpc) is 3.30. The number of thioether (sulfide) groups is 1. The second-order valence-electron chi connectivity index (χ2n) is 5.79. The largest absolute Gasteiger partial charge is 0.442 e. The molecule has 140 valence electrons. The van der Waals surface area contributed by atoms with Gasteiger partial charge in [-0.1, -0.05) is 16.9 Å². The van der Waals surface area contributed by atoms with Gasteiger partial charge in [0.15, 0.2) is 5.82 Å². The molecule has 1 aromatic heterocycles. The molecule has 0 unspecified atom stereocenters. The number of hydrogen-bond acceptors (Lipinski definition) is 8. The monoisotopic (exact) mass is 391 g/mol. The molecule has 0 spiro atoms. The van der Waals surface area contributed by atoms with Crippen molar-refractivity contribution in [3.05, 3.63) is 41.9 Å². The number of carbonyl (C=O) groups excluding carboxylic acids is 2. The minimum Gasteiger partial charge on any atom is -0.442 e. The van der Waals surface area contributed by atoms with E-state index in [1.54, 1.807) is 12.1 Å². The third kappa shape index (κ3) is 3.72. The molecule has 2 aromatic rings. The van der Waals surface area contributed by atoms with Crippen LogP contribution >= 0.6 is 11.8 Å². The van der Waals surface area contributed by atoms with E-state index < -0.39 is 18.0 Å². The van der Waals surface area contributed by atoms with Crippen LogP contribution in [0.5, 0.6) is 0 Å². The molecule has 1 aromatic carbocycles. The summed E-state index contributed by atoms with van der Waals surface area (Å²) in [5.41, 5.74) is 2.97. The predicted molar refractivity (Wildman–Crippen MR) is 96.1 cm³/mol. The van der Waals surface area contributed by atoms with Crippen molar-refractivity contribution >= 4 is 40.3 Å². The number of cyclic esters (lactones) is 1. The summed E-state index contributed by atoms with van der Waals surface area (Å²) >= 11 is 1.15. The lowest BCUT2D eigenvalue weighted by Gasteiger charge is -2.16. The van der Waals surface area contributed by atoms with Gasteiger partial charge in [0, 0.05) is 11.6 Å². The normalized spacial score (nSPS) is 19.5. The molecule has 0 aliphatic carbocycles. The van der Waals surface area contributed by atoms with Crippen molar-refractivity contribution in [2.24, 2.45) is 5.10 Å². The number of carbonyl (C=O) groups is 2. The van der Waals surface area contributed by atoms with Crippen molar-refractivity contribution < 1.29 is 23.2 Å². The Balaban J connectivity index is 1.44. The molecule has 0 saturated carbocycles. The van der Waals surface area contributed by atoms with Crippen LogP contribution in [0.3, 0.4) is 0 Å². The van der Waals surface area contributed by atoms with Crippen molar-refractivity contribution in [3.8, 4) is 0 Å². The molecule has 2 N–H and O–H groups in total. The van der Waals surface area contributed by atoms with E-state index in [1.165, 1.54) is 23.3 Å². The number of rotatable bonds is 5. The van der Waals surface area contributed by atoms with Crippen molar-refractivity contribution in [1.82, 2.24) is 10.6 Å². The summed E-state index contributed by atoms with van der Waals surface area (Å²) < 4.78 is 24.5. The van der Waals surface area contributed by atoms with E-state index in [0.29, 0.717) is 23.1 Å². The Kier molecular flexibility index (Phi) is 4.67. The van der Waals surface area contributed by atoms with Crippen LogP contribution in [0.2, 0.25) is 0 Å². The van der Waals surface area contributed by atoms with Gasteiger partial charge in [0.25, 0.3) is 5.91 Å². The van der Waals surface area contributed by atoms with Gasteiger partial charge >= 0.3 is 6.09 Å². The van der Waals surface area contributed by atoms with Crippen LogP contribution in [-0.2, 0) is 9.53 Å². The third-order valence-electron chi connectivity index (χ3n) is 3.94. The number of benzene rings is 1. The standard InChI is InChI=1S/C16H14FN5O4S/c17-12-5-9(1-2-11(12)15-20-19-14(23)8-27-15)22-7-10(26-16(22)24)6-18-13-3-4-25-21-13/h1-5,10H,6-8H2,(H,18,21)(H,19,23)/t10-/m0/s1. The highest BCUT2D eigenvalue weighted by atomic mass is 32.2. The molecule has 0 radical (unpaired) electrons. The zero-order valence-electron chi connectivity index (χ0n) is 13.8. The molecule has 27 heavy (non-hydrogen) atoms. The maximum absolute atomic E-state index is 14.5. The molecule has 2 aliphatic rings. The van der Waals surface area contributed by atoms with Crippen molar-refractivity contribution in [2.45, 2.75) is 6.10 Å². The zero-order valence-corrected chi connectivity index (χ0v) is 14.7. The molecule has 9 nitrogen and oxygen atoms in total. The van der Waals surface area contributed by atoms with E-state index in [9.17, 15) is 14.0 Å². The first-order valence-corrected chi connectivity index (χ1v) is 9.00. The smallest absolute Gasteiger partial charge is 0.414 e. The summed E-state index contributed by atoms with van der Waals surface area (Å²) in [5, 5.41) is 10.9. The zero-order chi connectivity index (χ0) is 18.8. The van der Waals surface area contributed by atoms with E-state index in [-0.39, 0.29) is 23.8 Å². The average molecular weight is 391 g/mol. The molecule has 11 heteroatoms. The molecular formula is C16H14FN5O4S. The van der Waals surface area contributed by atoms with E-state index in [4.69, 9.17) is 9.26 Å². The van der Waals surface area contributed by atoms with Crippen LogP contribution in [-0.4, -0.2) is 47.1 Å². The number of hydrogen-bond donors (Lipinski definition) is 2. The third-order valence-corrected chi connectivity index (χ3v) is 4.93. The first kappa shape index (κ1) is 17.3. The van der Waals surface area contributed by atoms with Crippen LogP contribution in [0, 0.1) is 5.82 Å². The molecule has 4 rings (SSSR count). The Morgan fingerprint density at radius 1 is 1.37 bits per heavy atom. The lowest BCUT2D eigenvalue weighted by molar-refractivity contribution is -0.118. The van der Waals surface area contributed by atoms with E-state index in [2.05, 4.69) is 21.0 Å². The van der Waals surface area contributed by atoms with Crippen LogP contribution < -0.4 is 15.6 Å². The minimum absolute atomic E-state index is 0.179. The number of nitrogens with zero attached hydrogens (tertiary/aromatic N) is 3. The summed E-state index contributed by atoms with van der Waals surface area (Å²) in [6, 6.07) is 6.05. The number of aromatic nitrogens is 1. The number of amides is 2. The highest BCUT2D eigenvalue weighted by Crippen LogP contribution is 2.26. The van der Waals surface area contributed by atoms with Gasteiger partial charge < -0.3 is 14.6 Å². The molecule has 1 atom stereocenters. The van der Waals surface area contributed by atoms with Crippen molar-refractivity contribution in [1.29, 1.82) is 0 Å². The summed E-state index contributed by atoms with van der Waals surface area (Å²) in [4.78, 5) is 24.6. The van der Waals surface area contributed by atoms with Gasteiger partial charge in [0.2, 0.25) is 0 Å². The highest BCUT2D eigenvalue weighted by Gasteiger charge is 2.33. The summed E-state index contributed by atoms with van der Waals surface area (Å²) in [6.07, 6.45) is 0.469. The van der Waals surface area contributed by atoms with Crippen molar-refractivity contribution in [3.63, 3.8) is 0 Å². The van der Waals surface area contributed by atoms with Crippen molar-refractivity contribution in [2.75, 3.05) is 29.1 Å². The molecule has 3 heterocycles. The number of anilines is 2. The van der Waals surface area contributed by atoms with Gasteiger partial charge in [-0.3, -0.25) is 9.69 Å². The Bertz CT molecular complexity index is 904. The fourth-order valence-electron chi connectivity index (χ4n) is 2.66. The molecule has 2 aliphatic heterocycles. The van der Waals surface area contributed by atoms with Gasteiger partial charge in [-0.05, 0) is 18.2 Å². The maximum Gasteiger partial charge on any atom is 0.414 e. The summed E-state index contributed by atoms with van der Waals surface area (Å²) in [7, 11) is 0. The molecular weight excluding hydrogens is 377 g/mol. The number of hydrazone groups is 1. The second kappa shape index (κ2) is 7.27. The minimum atomic E-state index is -0.550. The van der Waals surface area contributed by atoms with Crippen LogP contribution in [0.25, 0.3) is 0 Å². The van der Waals surface area contributed by atoms with E-state index >= 15 is 0 Å². The Morgan fingerprint density at radius 3 is 2.96 bits per heavy atom. The van der Waals surface area contributed by atoms with Gasteiger partial charge in [-0.2, -0.15) is 5.10 Å². The summed E-state index contributed by atoms with van der Waals surface area (Å²) in [6.45, 7) is 0.622. The van der Waals surface area contributed by atoms with Gasteiger partial charge in [0.1, 0.15) is 23.2 Å². The van der Waals surface area contributed by atoms with Gasteiger partial charge in [-0.25, -0.2) is 14.6 Å². The molecule has 0 bridgehead atoms. The van der Waals surface area contributed by atoms with Crippen LogP contribution in [0.1, 0.15) is 5.56 Å². The molecule has 1 saturated heterocycles. The Hall–Kier alpha value is -3.08. The first-order chi connectivity index (χ1) is 13.1. The molecule has 2 amide bonds. The quantitative estimate of drug-likeness (QED) is 0.800. The molecule has 1 fully saturated rings. The fraction of sp³-hybridized carbons (Fsp3) is 0.250. The first-order valence-electron chi connectivity index (χ1n) is 8.02. The maximum atomic E-state index is 14.5. The van der Waals surface area contributed by atoms with E-state index in [0.717, 1.165) is 11.8 Å². The van der Waals surface area contributed by atoms with Crippen LogP contribution in [0.15, 0.2) is 40.2 Å². The van der Waals surface area contributed by atoms with Gasteiger partial charge in [0.05, 0.1) is 24.5 Å². The highest BCUT2D eigenvalue weighted by molar-refractivity contribution is 8.15. The number of halogens is 1. The van der Waals surface area contributed by atoms with Gasteiger partial charge in [-0.15, -0.1) is 0 Å².